The van der Waals surface area contributed by atoms with Crippen LogP contribution in [-0.2, 0) is 24.3 Å². The molecule has 1 amide bonds. The number of nitrogens with one attached hydrogen (secondary N) is 1. The number of rotatable bonds is 6. The Morgan fingerprint density at radius 2 is 1.89 bits per heavy atom. The molecule has 4 rings (SSSR count). The van der Waals surface area contributed by atoms with E-state index in [1.165, 1.54) is 16.8 Å². The highest BCUT2D eigenvalue weighted by molar-refractivity contribution is 5.85. The first-order valence-corrected chi connectivity index (χ1v) is 9.38. The number of fused-ring (bicyclic) bond motifs is 1. The molecule has 1 N–H and O–H groups in total. The lowest BCUT2D eigenvalue weighted by Crippen LogP contribution is -2.44. The summed E-state index contributed by atoms with van der Waals surface area (Å²) in [5.41, 5.74) is 4.80. The first-order valence-electron chi connectivity index (χ1n) is 9.38. The molecule has 0 saturated heterocycles. The molecule has 5 nitrogen and oxygen atoms in total. The Morgan fingerprint density at radius 3 is 2.67 bits per heavy atom. The number of aromatic nitrogens is 2. The normalized spacial score (nSPS) is 14.0. The highest BCUT2D eigenvalue weighted by atomic mass is 16.2. The molecule has 2 heterocycles. The Morgan fingerprint density at radius 1 is 1.11 bits per heavy atom. The van der Waals surface area contributed by atoms with Crippen molar-refractivity contribution >= 4 is 11.6 Å². The molecule has 1 aliphatic rings. The van der Waals surface area contributed by atoms with Crippen molar-refractivity contribution in [3.8, 4) is 0 Å². The third kappa shape index (κ3) is 3.87. The maximum atomic E-state index is 12.6. The van der Waals surface area contributed by atoms with E-state index >= 15 is 0 Å². The lowest BCUT2D eigenvalue weighted by molar-refractivity contribution is -0.122. The van der Waals surface area contributed by atoms with Gasteiger partial charge in [0.1, 0.15) is 6.04 Å². The molecule has 0 bridgehead atoms. The monoisotopic (exact) mass is 360 g/mol. The van der Waals surface area contributed by atoms with Crippen LogP contribution in [0.2, 0.25) is 0 Å². The van der Waals surface area contributed by atoms with Crippen LogP contribution in [0.3, 0.4) is 0 Å². The lowest BCUT2D eigenvalue weighted by Gasteiger charge is -2.26. The summed E-state index contributed by atoms with van der Waals surface area (Å²) in [5, 5.41) is 7.29. The van der Waals surface area contributed by atoms with Gasteiger partial charge in [0.25, 0.3) is 0 Å². The van der Waals surface area contributed by atoms with Crippen LogP contribution in [-0.4, -0.2) is 28.3 Å². The van der Waals surface area contributed by atoms with Crippen molar-refractivity contribution in [3.63, 3.8) is 0 Å². The van der Waals surface area contributed by atoms with Gasteiger partial charge < -0.3 is 10.2 Å². The van der Waals surface area contributed by atoms with Gasteiger partial charge in [0, 0.05) is 31.2 Å². The molecule has 0 saturated carbocycles. The Bertz CT molecular complexity index is 902. The summed E-state index contributed by atoms with van der Waals surface area (Å²) in [7, 11) is 0. The van der Waals surface area contributed by atoms with Crippen LogP contribution in [0.15, 0.2) is 67.0 Å². The van der Waals surface area contributed by atoms with Crippen molar-refractivity contribution in [3.05, 3.63) is 83.7 Å². The molecule has 2 aromatic carbocycles. The van der Waals surface area contributed by atoms with Gasteiger partial charge in [-0.1, -0.05) is 42.5 Å². The number of carbonyl (C=O) groups is 1. The van der Waals surface area contributed by atoms with Crippen molar-refractivity contribution < 1.29 is 4.79 Å². The van der Waals surface area contributed by atoms with Gasteiger partial charge in [0.2, 0.25) is 5.91 Å². The van der Waals surface area contributed by atoms with Crippen LogP contribution >= 0.6 is 0 Å². The van der Waals surface area contributed by atoms with E-state index in [1.807, 2.05) is 29.9 Å². The summed E-state index contributed by atoms with van der Waals surface area (Å²) in [6.45, 7) is 4.17. The van der Waals surface area contributed by atoms with Crippen LogP contribution in [0, 0.1) is 0 Å². The topological polar surface area (TPSA) is 50.2 Å². The lowest BCUT2D eigenvalue weighted by atomic mass is 10.1. The number of anilines is 1. The van der Waals surface area contributed by atoms with Gasteiger partial charge in [-0.2, -0.15) is 5.10 Å². The van der Waals surface area contributed by atoms with Gasteiger partial charge in [-0.05, 0) is 42.2 Å². The maximum Gasteiger partial charge on any atom is 0.242 e. The van der Waals surface area contributed by atoms with Crippen LogP contribution in [0.25, 0.3) is 0 Å². The number of nitrogens with zero attached hydrogens (tertiary/aromatic N) is 3. The summed E-state index contributed by atoms with van der Waals surface area (Å²) >= 11 is 0. The van der Waals surface area contributed by atoms with Crippen LogP contribution < -0.4 is 10.2 Å². The molecule has 0 radical (unpaired) electrons. The Balaban J connectivity index is 1.32. The number of hydrogen-bond acceptors (Lipinski definition) is 3. The summed E-state index contributed by atoms with van der Waals surface area (Å²) in [4.78, 5) is 14.8. The Labute approximate surface area is 159 Å². The SMILES string of the molecule is C[C@@H](C(=O)NCc1ccc(Cn2cccn2)cc1)N1CCc2ccccc21. The number of benzene rings is 2. The van der Waals surface area contributed by atoms with E-state index in [0.717, 1.165) is 25.1 Å². The molecule has 138 valence electrons. The molecule has 3 aromatic rings. The predicted molar refractivity (Wildman–Crippen MR) is 107 cm³/mol. The Hall–Kier alpha value is -3.08. The zero-order valence-electron chi connectivity index (χ0n) is 15.5. The fraction of sp³-hybridized carbons (Fsp3) is 0.273. The molecular weight excluding hydrogens is 336 g/mol. The van der Waals surface area contributed by atoms with E-state index in [9.17, 15) is 4.79 Å². The summed E-state index contributed by atoms with van der Waals surface area (Å²) in [6, 6.07) is 18.4. The van der Waals surface area contributed by atoms with Crippen molar-refractivity contribution in [1.82, 2.24) is 15.1 Å². The first kappa shape index (κ1) is 17.3. The van der Waals surface area contributed by atoms with E-state index in [-0.39, 0.29) is 11.9 Å². The quantitative estimate of drug-likeness (QED) is 0.735. The third-order valence-electron chi connectivity index (χ3n) is 5.16. The van der Waals surface area contributed by atoms with Crippen LogP contribution in [0.4, 0.5) is 5.69 Å². The van der Waals surface area contributed by atoms with Gasteiger partial charge in [-0.15, -0.1) is 0 Å². The number of hydrogen-bond donors (Lipinski definition) is 1. The van der Waals surface area contributed by atoms with Crippen molar-refractivity contribution in [1.29, 1.82) is 0 Å². The van der Waals surface area contributed by atoms with Gasteiger partial charge in [0.05, 0.1) is 6.54 Å². The van der Waals surface area contributed by atoms with E-state index in [2.05, 4.69) is 57.8 Å². The fourth-order valence-corrected chi connectivity index (χ4v) is 3.59. The average molecular weight is 360 g/mol. The predicted octanol–water partition coefficient (Wildman–Crippen LogP) is 3.00. The van der Waals surface area contributed by atoms with Crippen molar-refractivity contribution in [2.24, 2.45) is 0 Å². The molecule has 1 aromatic heterocycles. The van der Waals surface area contributed by atoms with Gasteiger partial charge in [0.15, 0.2) is 0 Å². The number of para-hydroxylation sites is 1. The molecule has 0 spiro atoms. The molecule has 0 fully saturated rings. The van der Waals surface area contributed by atoms with Crippen LogP contribution in [0.5, 0.6) is 0 Å². The standard InChI is InChI=1S/C22H24N4O/c1-17(26-14-11-20-5-2-3-6-21(20)26)22(27)23-15-18-7-9-19(10-8-18)16-25-13-4-12-24-25/h2-10,12-13,17H,11,14-16H2,1H3,(H,23,27)/t17-/m0/s1. The largest absolute Gasteiger partial charge is 0.359 e. The molecule has 5 heteroatoms. The average Bonchev–Trinajstić information content (AvgIpc) is 3.36. The van der Waals surface area contributed by atoms with E-state index < -0.39 is 0 Å². The van der Waals surface area contributed by atoms with Crippen molar-refractivity contribution in [2.45, 2.75) is 32.5 Å². The molecule has 1 aliphatic heterocycles. The second-order valence-electron chi connectivity index (χ2n) is 6.99. The second-order valence-corrected chi connectivity index (χ2v) is 6.99. The second kappa shape index (κ2) is 7.66. The summed E-state index contributed by atoms with van der Waals surface area (Å²) in [5.74, 6) is 0.0623. The third-order valence-corrected chi connectivity index (χ3v) is 5.16. The molecular formula is C22H24N4O. The minimum Gasteiger partial charge on any atom is -0.359 e. The highest BCUT2D eigenvalue weighted by Gasteiger charge is 2.27. The molecule has 27 heavy (non-hydrogen) atoms. The molecule has 0 unspecified atom stereocenters. The number of carbonyl (C=O) groups excluding carboxylic acids is 1. The van der Waals surface area contributed by atoms with E-state index in [4.69, 9.17) is 0 Å². The number of amides is 1. The Kier molecular flexibility index (Phi) is 4.92. The fourth-order valence-electron chi connectivity index (χ4n) is 3.59. The van der Waals surface area contributed by atoms with Crippen molar-refractivity contribution in [2.75, 3.05) is 11.4 Å². The zero-order chi connectivity index (χ0) is 18.6. The maximum absolute atomic E-state index is 12.6. The molecule has 1 atom stereocenters. The van der Waals surface area contributed by atoms with E-state index in [0.29, 0.717) is 6.54 Å². The molecule has 0 aliphatic carbocycles. The first-order chi connectivity index (χ1) is 13.2. The highest BCUT2D eigenvalue weighted by Crippen LogP contribution is 2.29. The van der Waals surface area contributed by atoms with Gasteiger partial charge in [-0.3, -0.25) is 9.48 Å². The zero-order valence-corrected chi connectivity index (χ0v) is 15.5. The van der Waals surface area contributed by atoms with Crippen LogP contribution in [0.1, 0.15) is 23.6 Å². The van der Waals surface area contributed by atoms with E-state index in [1.54, 1.807) is 6.20 Å². The van der Waals surface area contributed by atoms with Gasteiger partial charge in [-0.25, -0.2) is 0 Å². The smallest absolute Gasteiger partial charge is 0.242 e. The minimum absolute atomic E-state index is 0.0623. The minimum atomic E-state index is -0.173. The summed E-state index contributed by atoms with van der Waals surface area (Å²) < 4.78 is 1.90. The summed E-state index contributed by atoms with van der Waals surface area (Å²) in [6.07, 6.45) is 4.74. The van der Waals surface area contributed by atoms with Gasteiger partial charge >= 0.3 is 0 Å².